The maximum atomic E-state index is 12.4. The van der Waals surface area contributed by atoms with Crippen LogP contribution in [0, 0.1) is 0 Å². The number of nitrogen functional groups attached to an aromatic ring is 1. The first-order valence-corrected chi connectivity index (χ1v) is 6.82. The van der Waals surface area contributed by atoms with Crippen LogP contribution >= 0.6 is 0 Å². The Balaban J connectivity index is 1.83. The standard InChI is InChI=1S/C16H16F2N2O/c17-16(18)21-15-4-2-1-3-14(15)20-13-8-5-10-9-11(19)6-7-12(10)13/h1-4,6-7,9,13,16,20H,5,8,19H2. The Morgan fingerprint density at radius 1 is 1.19 bits per heavy atom. The van der Waals surface area contributed by atoms with Crippen molar-refractivity contribution < 1.29 is 13.5 Å². The number of aryl methyl sites for hydroxylation is 1. The first-order chi connectivity index (χ1) is 10.1. The molecule has 0 saturated heterocycles. The summed E-state index contributed by atoms with van der Waals surface area (Å²) in [6.07, 6.45) is 1.83. The molecule has 3 rings (SSSR count). The van der Waals surface area contributed by atoms with Crippen molar-refractivity contribution in [1.82, 2.24) is 0 Å². The second-order valence-electron chi connectivity index (χ2n) is 5.07. The lowest BCUT2D eigenvalue weighted by Crippen LogP contribution is -2.10. The number of ether oxygens (including phenoxy) is 1. The number of nitrogens with one attached hydrogen (secondary N) is 1. The Bertz CT molecular complexity index is 646. The molecule has 1 aliphatic rings. The van der Waals surface area contributed by atoms with E-state index in [0.717, 1.165) is 24.1 Å². The van der Waals surface area contributed by atoms with Crippen LogP contribution in [0.4, 0.5) is 20.2 Å². The van der Waals surface area contributed by atoms with Gasteiger partial charge in [-0.3, -0.25) is 0 Å². The van der Waals surface area contributed by atoms with Crippen LogP contribution in [0.25, 0.3) is 0 Å². The average molecular weight is 290 g/mol. The van der Waals surface area contributed by atoms with Crippen molar-refractivity contribution >= 4 is 11.4 Å². The van der Waals surface area contributed by atoms with E-state index in [0.29, 0.717) is 5.69 Å². The molecule has 21 heavy (non-hydrogen) atoms. The molecule has 1 unspecified atom stereocenters. The zero-order valence-electron chi connectivity index (χ0n) is 11.4. The molecular weight excluding hydrogens is 274 g/mol. The lowest BCUT2D eigenvalue weighted by Gasteiger charge is -2.18. The van der Waals surface area contributed by atoms with E-state index in [1.165, 1.54) is 11.6 Å². The summed E-state index contributed by atoms with van der Waals surface area (Å²) in [5.41, 5.74) is 9.48. The van der Waals surface area contributed by atoms with Crippen LogP contribution in [0.15, 0.2) is 42.5 Å². The first-order valence-electron chi connectivity index (χ1n) is 6.82. The van der Waals surface area contributed by atoms with Crippen molar-refractivity contribution in [3.05, 3.63) is 53.6 Å². The fraction of sp³-hybridized carbons (Fsp3) is 0.250. The van der Waals surface area contributed by atoms with Crippen LogP contribution in [-0.2, 0) is 6.42 Å². The molecule has 1 atom stereocenters. The van der Waals surface area contributed by atoms with Crippen LogP contribution < -0.4 is 15.8 Å². The monoisotopic (exact) mass is 290 g/mol. The van der Waals surface area contributed by atoms with Crippen molar-refractivity contribution in [3.63, 3.8) is 0 Å². The molecule has 0 radical (unpaired) electrons. The van der Waals surface area contributed by atoms with Gasteiger partial charge in [0, 0.05) is 5.69 Å². The minimum atomic E-state index is -2.83. The molecule has 2 aromatic carbocycles. The molecule has 0 saturated carbocycles. The number of hydrogen-bond acceptors (Lipinski definition) is 3. The number of nitrogens with two attached hydrogens (primary N) is 1. The number of fused-ring (bicyclic) bond motifs is 1. The fourth-order valence-corrected chi connectivity index (χ4v) is 2.76. The van der Waals surface area contributed by atoms with Crippen LogP contribution in [0.5, 0.6) is 5.75 Å². The number of para-hydroxylation sites is 2. The summed E-state index contributed by atoms with van der Waals surface area (Å²) in [5.74, 6) is 0.163. The van der Waals surface area contributed by atoms with E-state index in [1.54, 1.807) is 18.2 Å². The average Bonchev–Trinajstić information content (AvgIpc) is 2.83. The van der Waals surface area contributed by atoms with Gasteiger partial charge < -0.3 is 15.8 Å². The van der Waals surface area contributed by atoms with E-state index in [2.05, 4.69) is 10.1 Å². The maximum Gasteiger partial charge on any atom is 0.387 e. The quantitative estimate of drug-likeness (QED) is 0.838. The number of anilines is 2. The molecule has 0 fully saturated rings. The zero-order chi connectivity index (χ0) is 14.8. The van der Waals surface area contributed by atoms with Crippen molar-refractivity contribution in [2.45, 2.75) is 25.5 Å². The predicted octanol–water partition coefficient (Wildman–Crippen LogP) is 3.97. The van der Waals surface area contributed by atoms with E-state index in [4.69, 9.17) is 5.73 Å². The molecule has 0 heterocycles. The van der Waals surface area contributed by atoms with Crippen molar-refractivity contribution in [2.24, 2.45) is 0 Å². The van der Waals surface area contributed by atoms with E-state index in [1.807, 2.05) is 18.2 Å². The Kier molecular flexibility index (Phi) is 3.64. The Morgan fingerprint density at radius 2 is 2.00 bits per heavy atom. The minimum Gasteiger partial charge on any atom is -0.433 e. The van der Waals surface area contributed by atoms with Gasteiger partial charge in [-0.1, -0.05) is 18.2 Å². The van der Waals surface area contributed by atoms with Crippen LogP contribution in [0.2, 0.25) is 0 Å². The predicted molar refractivity (Wildman–Crippen MR) is 78.6 cm³/mol. The van der Waals surface area contributed by atoms with Gasteiger partial charge in [-0.15, -0.1) is 0 Å². The highest BCUT2D eigenvalue weighted by Crippen LogP contribution is 2.37. The SMILES string of the molecule is Nc1ccc2c(c1)CCC2Nc1ccccc1OC(F)F. The second kappa shape index (κ2) is 5.60. The summed E-state index contributed by atoms with van der Waals surface area (Å²) in [7, 11) is 0. The van der Waals surface area contributed by atoms with Gasteiger partial charge in [0.1, 0.15) is 5.75 Å². The van der Waals surface area contributed by atoms with Crippen molar-refractivity contribution in [2.75, 3.05) is 11.1 Å². The van der Waals surface area contributed by atoms with Gasteiger partial charge >= 0.3 is 6.61 Å². The van der Waals surface area contributed by atoms with E-state index in [-0.39, 0.29) is 11.8 Å². The van der Waals surface area contributed by atoms with Gasteiger partial charge in [0.2, 0.25) is 0 Å². The van der Waals surface area contributed by atoms with Crippen LogP contribution in [0.1, 0.15) is 23.6 Å². The number of hydrogen-bond donors (Lipinski definition) is 2. The second-order valence-corrected chi connectivity index (χ2v) is 5.07. The summed E-state index contributed by atoms with van der Waals surface area (Å²) in [6.45, 7) is -2.83. The van der Waals surface area contributed by atoms with E-state index < -0.39 is 6.61 Å². The third-order valence-corrected chi connectivity index (χ3v) is 3.68. The smallest absolute Gasteiger partial charge is 0.387 e. The molecule has 3 N–H and O–H groups in total. The van der Waals surface area contributed by atoms with Gasteiger partial charge in [0.25, 0.3) is 0 Å². The molecule has 0 spiro atoms. The number of rotatable bonds is 4. The third kappa shape index (κ3) is 2.91. The molecule has 5 heteroatoms. The van der Waals surface area contributed by atoms with Gasteiger partial charge in [-0.2, -0.15) is 8.78 Å². The number of halogens is 2. The summed E-state index contributed by atoms with van der Waals surface area (Å²) < 4.78 is 29.4. The highest BCUT2D eigenvalue weighted by atomic mass is 19.3. The highest BCUT2D eigenvalue weighted by molar-refractivity contribution is 5.59. The molecule has 0 aromatic heterocycles. The molecule has 1 aliphatic carbocycles. The molecular formula is C16H16F2N2O. The van der Waals surface area contributed by atoms with E-state index >= 15 is 0 Å². The summed E-state index contributed by atoms with van der Waals surface area (Å²) in [6, 6.07) is 12.7. The normalized spacial score (nSPS) is 16.8. The summed E-state index contributed by atoms with van der Waals surface area (Å²) in [5, 5.41) is 3.29. The topological polar surface area (TPSA) is 47.3 Å². The van der Waals surface area contributed by atoms with E-state index in [9.17, 15) is 8.78 Å². The van der Waals surface area contributed by atoms with Gasteiger partial charge in [-0.25, -0.2) is 0 Å². The molecule has 0 amide bonds. The molecule has 0 aliphatic heterocycles. The van der Waals surface area contributed by atoms with Crippen molar-refractivity contribution in [1.29, 1.82) is 0 Å². The van der Waals surface area contributed by atoms with Gasteiger partial charge in [0.15, 0.2) is 0 Å². The van der Waals surface area contributed by atoms with Gasteiger partial charge in [0.05, 0.1) is 11.7 Å². The highest BCUT2D eigenvalue weighted by Gasteiger charge is 2.23. The first kappa shape index (κ1) is 13.7. The molecule has 3 nitrogen and oxygen atoms in total. The zero-order valence-corrected chi connectivity index (χ0v) is 11.4. The van der Waals surface area contributed by atoms with Crippen molar-refractivity contribution in [3.8, 4) is 5.75 Å². The van der Waals surface area contributed by atoms with Crippen LogP contribution in [0.3, 0.4) is 0 Å². The lowest BCUT2D eigenvalue weighted by molar-refractivity contribution is -0.0493. The molecule has 110 valence electrons. The number of benzene rings is 2. The largest absolute Gasteiger partial charge is 0.433 e. The third-order valence-electron chi connectivity index (χ3n) is 3.68. The Morgan fingerprint density at radius 3 is 2.81 bits per heavy atom. The molecule has 2 aromatic rings. The minimum absolute atomic E-state index is 0.0861. The fourth-order valence-electron chi connectivity index (χ4n) is 2.76. The maximum absolute atomic E-state index is 12.4. The van der Waals surface area contributed by atoms with Gasteiger partial charge in [-0.05, 0) is 48.2 Å². The molecule has 0 bridgehead atoms. The number of alkyl halides is 2. The Hall–Kier alpha value is -2.30. The summed E-state index contributed by atoms with van der Waals surface area (Å²) >= 11 is 0. The summed E-state index contributed by atoms with van der Waals surface area (Å²) in [4.78, 5) is 0. The lowest BCUT2D eigenvalue weighted by atomic mass is 10.1. The van der Waals surface area contributed by atoms with Crippen LogP contribution in [-0.4, -0.2) is 6.61 Å². The Labute approximate surface area is 121 Å².